The molecule has 0 unspecified atom stereocenters. The van der Waals surface area contributed by atoms with Crippen LogP contribution in [-0.4, -0.2) is 65.5 Å². The average molecular weight is 418 g/mol. The lowest BCUT2D eigenvalue weighted by Gasteiger charge is -2.35. The van der Waals surface area contributed by atoms with Crippen molar-refractivity contribution in [2.24, 2.45) is 5.73 Å². The first-order chi connectivity index (χ1) is 15.1. The summed E-state index contributed by atoms with van der Waals surface area (Å²) in [5, 5.41) is 0. The molecule has 1 aliphatic heterocycles. The lowest BCUT2D eigenvalue weighted by atomic mass is 10.1. The van der Waals surface area contributed by atoms with E-state index in [1.807, 2.05) is 54.8 Å². The molecule has 160 valence electrons. The van der Waals surface area contributed by atoms with Crippen LogP contribution in [0, 0.1) is 0 Å². The van der Waals surface area contributed by atoms with E-state index in [-0.39, 0.29) is 12.5 Å². The third-order valence-electron chi connectivity index (χ3n) is 5.35. The first kappa shape index (κ1) is 20.7. The van der Waals surface area contributed by atoms with Crippen LogP contribution in [0.5, 0.6) is 0 Å². The standard InChI is InChI=1S/C23H27N7O/c1-28(17-22(24)31)16-18-4-2-5-19(12-18)20-13-26-23(27-14-20)30-10-8-29(9-11-30)21-6-3-7-25-15-21/h2-7,12-15H,8-11,16-17H2,1H3,(H2,24,31). The average Bonchev–Trinajstić information content (AvgIpc) is 2.79. The number of piperazine rings is 1. The van der Waals surface area contributed by atoms with Crippen LogP contribution in [0.4, 0.5) is 11.6 Å². The lowest BCUT2D eigenvalue weighted by Crippen LogP contribution is -2.47. The number of anilines is 2. The molecule has 1 fully saturated rings. The molecule has 0 saturated carbocycles. The maximum Gasteiger partial charge on any atom is 0.231 e. The molecule has 8 heteroatoms. The number of hydrogen-bond donors (Lipinski definition) is 1. The van der Waals surface area contributed by atoms with Crippen LogP contribution < -0.4 is 15.5 Å². The molecule has 1 aliphatic rings. The second kappa shape index (κ2) is 9.53. The van der Waals surface area contributed by atoms with Crippen molar-refractivity contribution in [2.75, 3.05) is 49.6 Å². The number of carbonyl (C=O) groups excluding carboxylic acids is 1. The summed E-state index contributed by atoms with van der Waals surface area (Å²) in [5.41, 5.74) is 9.56. The largest absolute Gasteiger partial charge is 0.369 e. The Morgan fingerprint density at radius 3 is 2.42 bits per heavy atom. The number of hydrogen-bond acceptors (Lipinski definition) is 7. The Balaban J connectivity index is 1.39. The zero-order chi connectivity index (χ0) is 21.6. The van der Waals surface area contributed by atoms with Gasteiger partial charge in [-0.1, -0.05) is 18.2 Å². The smallest absolute Gasteiger partial charge is 0.231 e. The normalized spacial score (nSPS) is 14.1. The van der Waals surface area contributed by atoms with E-state index < -0.39 is 0 Å². The fourth-order valence-corrected chi connectivity index (χ4v) is 3.82. The zero-order valence-corrected chi connectivity index (χ0v) is 17.7. The van der Waals surface area contributed by atoms with Crippen molar-refractivity contribution in [3.05, 3.63) is 66.7 Å². The maximum atomic E-state index is 11.1. The minimum absolute atomic E-state index is 0.232. The Labute approximate surface area is 182 Å². The van der Waals surface area contributed by atoms with Gasteiger partial charge in [-0.05, 0) is 36.4 Å². The molecule has 8 nitrogen and oxygen atoms in total. The van der Waals surface area contributed by atoms with Gasteiger partial charge in [-0.2, -0.15) is 0 Å². The van der Waals surface area contributed by atoms with Crippen LogP contribution in [0.3, 0.4) is 0 Å². The van der Waals surface area contributed by atoms with E-state index in [0.717, 1.165) is 54.5 Å². The Morgan fingerprint density at radius 2 is 1.74 bits per heavy atom. The summed E-state index contributed by atoms with van der Waals surface area (Å²) in [6.45, 7) is 4.45. The van der Waals surface area contributed by atoms with Crippen LogP contribution >= 0.6 is 0 Å². The topological polar surface area (TPSA) is 91.5 Å². The molecule has 0 atom stereocenters. The molecule has 2 aromatic heterocycles. The second-order valence-electron chi connectivity index (χ2n) is 7.80. The van der Waals surface area contributed by atoms with Gasteiger partial charge in [0.05, 0.1) is 18.4 Å². The highest BCUT2D eigenvalue weighted by Crippen LogP contribution is 2.22. The van der Waals surface area contributed by atoms with Gasteiger partial charge in [-0.15, -0.1) is 0 Å². The molecule has 0 bridgehead atoms. The Hall–Kier alpha value is -3.52. The van der Waals surface area contributed by atoms with Crippen molar-refractivity contribution in [3.8, 4) is 11.1 Å². The minimum atomic E-state index is -0.330. The number of amides is 1. The Morgan fingerprint density at radius 1 is 1.00 bits per heavy atom. The van der Waals surface area contributed by atoms with E-state index in [4.69, 9.17) is 5.73 Å². The van der Waals surface area contributed by atoms with Crippen molar-refractivity contribution in [3.63, 3.8) is 0 Å². The molecule has 2 N–H and O–H groups in total. The number of pyridine rings is 1. The van der Waals surface area contributed by atoms with Crippen LogP contribution in [0.2, 0.25) is 0 Å². The first-order valence-electron chi connectivity index (χ1n) is 10.4. The van der Waals surface area contributed by atoms with E-state index in [2.05, 4.69) is 36.9 Å². The fraction of sp³-hybridized carbons (Fsp3) is 0.304. The van der Waals surface area contributed by atoms with Gasteiger partial charge in [0.25, 0.3) is 0 Å². The third-order valence-corrected chi connectivity index (χ3v) is 5.35. The molecule has 0 aliphatic carbocycles. The number of likely N-dealkylation sites (N-methyl/N-ethyl adjacent to an activating group) is 1. The van der Waals surface area contributed by atoms with Crippen molar-refractivity contribution in [1.82, 2.24) is 19.9 Å². The molecular weight excluding hydrogens is 390 g/mol. The molecule has 1 amide bonds. The third kappa shape index (κ3) is 5.35. The quantitative estimate of drug-likeness (QED) is 0.627. The Kier molecular flexibility index (Phi) is 6.37. The molecule has 0 radical (unpaired) electrons. The Bertz CT molecular complexity index is 1000. The first-order valence-corrected chi connectivity index (χ1v) is 10.4. The molecule has 0 spiro atoms. The van der Waals surface area contributed by atoms with Crippen molar-refractivity contribution >= 4 is 17.5 Å². The highest BCUT2D eigenvalue weighted by atomic mass is 16.1. The number of carbonyl (C=O) groups is 1. The van der Waals surface area contributed by atoms with Gasteiger partial charge in [0.1, 0.15) is 0 Å². The molecule has 3 aromatic rings. The maximum absolute atomic E-state index is 11.1. The monoisotopic (exact) mass is 417 g/mol. The van der Waals surface area contributed by atoms with E-state index in [9.17, 15) is 4.79 Å². The van der Waals surface area contributed by atoms with E-state index in [1.165, 1.54) is 0 Å². The second-order valence-corrected chi connectivity index (χ2v) is 7.80. The number of rotatable bonds is 7. The predicted octanol–water partition coefficient (Wildman–Crippen LogP) is 1.78. The number of nitrogens with two attached hydrogens (primary N) is 1. The summed E-state index contributed by atoms with van der Waals surface area (Å²) in [4.78, 5) is 31.0. The van der Waals surface area contributed by atoms with Gasteiger partial charge in [0.15, 0.2) is 0 Å². The number of primary amides is 1. The van der Waals surface area contributed by atoms with Crippen LogP contribution in [0.15, 0.2) is 61.2 Å². The summed E-state index contributed by atoms with van der Waals surface area (Å²) in [5.74, 6) is 0.427. The summed E-state index contributed by atoms with van der Waals surface area (Å²) in [6, 6.07) is 12.2. The summed E-state index contributed by atoms with van der Waals surface area (Å²) >= 11 is 0. The fourth-order valence-electron chi connectivity index (χ4n) is 3.82. The number of aromatic nitrogens is 3. The van der Waals surface area contributed by atoms with Gasteiger partial charge < -0.3 is 15.5 Å². The molecule has 4 rings (SSSR count). The lowest BCUT2D eigenvalue weighted by molar-refractivity contribution is -0.118. The summed E-state index contributed by atoms with van der Waals surface area (Å²) < 4.78 is 0. The minimum Gasteiger partial charge on any atom is -0.369 e. The molecule has 1 aromatic carbocycles. The van der Waals surface area contributed by atoms with E-state index in [1.54, 1.807) is 6.20 Å². The molecule has 31 heavy (non-hydrogen) atoms. The zero-order valence-electron chi connectivity index (χ0n) is 17.7. The van der Waals surface area contributed by atoms with Crippen LogP contribution in [-0.2, 0) is 11.3 Å². The van der Waals surface area contributed by atoms with Crippen molar-refractivity contribution in [2.45, 2.75) is 6.54 Å². The van der Waals surface area contributed by atoms with Crippen molar-refractivity contribution in [1.29, 1.82) is 0 Å². The number of nitrogens with zero attached hydrogens (tertiary/aromatic N) is 6. The van der Waals surface area contributed by atoms with Gasteiger partial charge in [-0.25, -0.2) is 9.97 Å². The predicted molar refractivity (Wildman–Crippen MR) is 122 cm³/mol. The highest BCUT2D eigenvalue weighted by Gasteiger charge is 2.19. The van der Waals surface area contributed by atoms with E-state index >= 15 is 0 Å². The van der Waals surface area contributed by atoms with Crippen molar-refractivity contribution < 1.29 is 4.79 Å². The SMILES string of the molecule is CN(CC(N)=O)Cc1cccc(-c2cnc(N3CCN(c4cccnc4)CC3)nc2)c1. The summed E-state index contributed by atoms with van der Waals surface area (Å²) in [6.07, 6.45) is 7.45. The van der Waals surface area contributed by atoms with Gasteiger partial charge >= 0.3 is 0 Å². The number of benzene rings is 1. The summed E-state index contributed by atoms with van der Waals surface area (Å²) in [7, 11) is 1.88. The molecule has 1 saturated heterocycles. The van der Waals surface area contributed by atoms with E-state index in [0.29, 0.717) is 6.54 Å². The molecule has 3 heterocycles. The van der Waals surface area contributed by atoms with Gasteiger partial charge in [0.2, 0.25) is 11.9 Å². The molecular formula is C23H27N7O. The van der Waals surface area contributed by atoms with Crippen LogP contribution in [0.1, 0.15) is 5.56 Å². The van der Waals surface area contributed by atoms with Crippen LogP contribution in [0.25, 0.3) is 11.1 Å². The van der Waals surface area contributed by atoms with Gasteiger partial charge in [0, 0.05) is 56.9 Å². The van der Waals surface area contributed by atoms with Gasteiger partial charge in [-0.3, -0.25) is 14.7 Å². The highest BCUT2D eigenvalue weighted by molar-refractivity contribution is 5.75.